The predicted molar refractivity (Wildman–Crippen MR) is 427 cm³/mol. The third kappa shape index (κ3) is 76.2. The molecule has 0 aromatic carbocycles. The van der Waals surface area contributed by atoms with Crippen LogP contribution in [0.15, 0.2) is 97.2 Å². The van der Waals surface area contributed by atoms with Gasteiger partial charge in [-0.05, 0) is 128 Å². The second-order valence-corrected chi connectivity index (χ2v) is 30.6. The van der Waals surface area contributed by atoms with Crippen LogP contribution < -0.4 is 0 Å². The van der Waals surface area contributed by atoms with Crippen molar-refractivity contribution in [1.29, 1.82) is 0 Å². The van der Waals surface area contributed by atoms with Crippen LogP contribution in [-0.4, -0.2) is 96.7 Å². The lowest BCUT2D eigenvalue weighted by Crippen LogP contribution is -2.30. The maximum absolute atomic E-state index is 13.1. The number of carbonyl (C=O) groups excluding carboxylic acids is 4. The van der Waals surface area contributed by atoms with Crippen molar-refractivity contribution in [2.75, 3.05) is 39.6 Å². The Morgan fingerprint density at radius 2 is 0.500 bits per heavy atom. The Morgan fingerprint density at radius 1 is 0.279 bits per heavy atom. The van der Waals surface area contributed by atoms with E-state index in [9.17, 15) is 43.2 Å². The molecule has 19 heteroatoms. The summed E-state index contributed by atoms with van der Waals surface area (Å²) in [6.45, 7) is 4.74. The molecule has 0 aromatic rings. The van der Waals surface area contributed by atoms with E-state index in [1.807, 2.05) is 0 Å². The Bertz CT molecular complexity index is 2350. The van der Waals surface area contributed by atoms with Crippen molar-refractivity contribution in [3.63, 3.8) is 0 Å². The van der Waals surface area contributed by atoms with Crippen LogP contribution in [0.5, 0.6) is 0 Å². The summed E-state index contributed by atoms with van der Waals surface area (Å²) in [6.07, 6.45) is 82.3. The minimum Gasteiger partial charge on any atom is -0.462 e. The number of hydrogen-bond donors (Lipinski definition) is 3. The molecule has 0 heterocycles. The topological polar surface area (TPSA) is 237 Å². The zero-order chi connectivity index (χ0) is 76.0. The minimum atomic E-state index is -4.98. The van der Waals surface area contributed by atoms with E-state index in [4.69, 9.17) is 37.0 Å². The Morgan fingerprint density at radius 3 is 0.798 bits per heavy atom. The molecule has 0 fully saturated rings. The number of carbonyl (C=O) groups is 4. The summed E-state index contributed by atoms with van der Waals surface area (Å²) in [5, 5.41) is 10.6. The maximum atomic E-state index is 13.1. The second kappa shape index (κ2) is 77.1. The normalized spacial score (nSPS) is 14.3. The number of allylic oxidation sites excluding steroid dienone is 16. The fourth-order valence-electron chi connectivity index (χ4n) is 11.2. The first-order valence-electron chi connectivity index (χ1n) is 41.5. The van der Waals surface area contributed by atoms with E-state index in [0.29, 0.717) is 25.7 Å². The molecule has 3 N–H and O–H groups in total. The summed E-state index contributed by atoms with van der Waals surface area (Å²) < 4.78 is 68.7. The summed E-state index contributed by atoms with van der Waals surface area (Å²) in [6, 6.07) is 0. The second-order valence-electron chi connectivity index (χ2n) is 27.7. The molecular formula is C85H150O17P2. The molecule has 0 aliphatic heterocycles. The van der Waals surface area contributed by atoms with Gasteiger partial charge in [-0.1, -0.05) is 305 Å². The lowest BCUT2D eigenvalue weighted by atomic mass is 10.1. The Labute approximate surface area is 633 Å². The van der Waals surface area contributed by atoms with Gasteiger partial charge in [0.15, 0.2) is 12.2 Å². The summed E-state index contributed by atoms with van der Waals surface area (Å²) in [4.78, 5) is 73.1. The van der Waals surface area contributed by atoms with Gasteiger partial charge in [-0.15, -0.1) is 0 Å². The van der Waals surface area contributed by atoms with Crippen LogP contribution in [-0.2, 0) is 65.4 Å². The van der Waals surface area contributed by atoms with Crippen molar-refractivity contribution in [2.24, 2.45) is 0 Å². The Hall–Kier alpha value is -4.02. The van der Waals surface area contributed by atoms with Gasteiger partial charge >= 0.3 is 39.5 Å². The predicted octanol–water partition coefficient (Wildman–Crippen LogP) is 24.3. The molecule has 5 atom stereocenters. The van der Waals surface area contributed by atoms with Gasteiger partial charge in [0.25, 0.3) is 0 Å². The van der Waals surface area contributed by atoms with Gasteiger partial charge in [-0.2, -0.15) is 0 Å². The first-order chi connectivity index (χ1) is 50.7. The number of rotatable bonds is 78. The number of phosphoric acid groups is 2. The van der Waals surface area contributed by atoms with Crippen molar-refractivity contribution in [1.82, 2.24) is 0 Å². The van der Waals surface area contributed by atoms with Crippen LogP contribution in [0.3, 0.4) is 0 Å². The first kappa shape index (κ1) is 100.0. The highest BCUT2D eigenvalue weighted by Crippen LogP contribution is 2.45. The highest BCUT2D eigenvalue weighted by Gasteiger charge is 2.30. The molecule has 0 amide bonds. The van der Waals surface area contributed by atoms with Gasteiger partial charge < -0.3 is 33.8 Å². The summed E-state index contributed by atoms with van der Waals surface area (Å²) in [7, 11) is -9.96. The highest BCUT2D eigenvalue weighted by atomic mass is 31.2. The van der Waals surface area contributed by atoms with E-state index in [1.165, 1.54) is 96.3 Å². The lowest BCUT2D eigenvalue weighted by Gasteiger charge is -2.21. The molecule has 0 saturated heterocycles. The van der Waals surface area contributed by atoms with Gasteiger partial charge in [0.05, 0.1) is 26.4 Å². The molecular weight excluding hydrogens is 1350 g/mol. The zero-order valence-electron chi connectivity index (χ0n) is 65.9. The fourth-order valence-corrected chi connectivity index (χ4v) is 12.8. The number of aliphatic hydroxyl groups is 1. The first-order valence-corrected chi connectivity index (χ1v) is 44.5. The van der Waals surface area contributed by atoms with Gasteiger partial charge in [0, 0.05) is 25.7 Å². The average Bonchev–Trinajstić information content (AvgIpc) is 0.931. The van der Waals surface area contributed by atoms with Crippen molar-refractivity contribution in [3.8, 4) is 0 Å². The summed E-state index contributed by atoms with van der Waals surface area (Å²) in [5.74, 6) is -2.19. The molecule has 0 bridgehead atoms. The maximum Gasteiger partial charge on any atom is 0.472 e. The van der Waals surface area contributed by atoms with Gasteiger partial charge in [0.1, 0.15) is 19.3 Å². The quantitative estimate of drug-likeness (QED) is 0.0169. The van der Waals surface area contributed by atoms with E-state index in [0.717, 1.165) is 186 Å². The van der Waals surface area contributed by atoms with Crippen LogP contribution in [0.4, 0.5) is 0 Å². The highest BCUT2D eigenvalue weighted by molar-refractivity contribution is 7.47. The third-order valence-electron chi connectivity index (χ3n) is 17.5. The number of aliphatic hydroxyl groups excluding tert-OH is 1. The van der Waals surface area contributed by atoms with Crippen LogP contribution in [0.1, 0.15) is 362 Å². The van der Waals surface area contributed by atoms with Crippen molar-refractivity contribution in [2.45, 2.75) is 380 Å². The third-order valence-corrected chi connectivity index (χ3v) is 19.4. The van der Waals surface area contributed by atoms with E-state index in [2.05, 4.69) is 125 Å². The van der Waals surface area contributed by atoms with Crippen LogP contribution in [0.2, 0.25) is 0 Å². The van der Waals surface area contributed by atoms with Crippen LogP contribution in [0, 0.1) is 0 Å². The summed E-state index contributed by atoms with van der Waals surface area (Å²) in [5.41, 5.74) is 0. The van der Waals surface area contributed by atoms with E-state index in [1.54, 1.807) is 0 Å². The number of esters is 4. The number of ether oxygens (including phenoxy) is 4. The average molecular weight is 1510 g/mol. The molecule has 104 heavy (non-hydrogen) atoms. The molecule has 0 aromatic heterocycles. The standard InChI is InChI=1S/C85H150O17P2/c1-5-9-13-17-21-25-29-32-35-37-39-41-44-46-50-53-57-61-65-69-82(87)95-75-80(101-84(89)71-67-63-59-55-49-28-24-20-16-12-8-4)77-99-103(91,92)97-73-79(86)74-98-104(93,94)100-78-81(102-85(90)72-68-64-60-56-52-48-43-34-31-27-23-19-15-11-7-3)76-96-83(88)70-66-62-58-54-51-47-45-42-40-38-36-33-30-26-22-18-14-10-6-2/h9,13,21-22,25-26,32-36,39-43,79-81,86H,5-8,10-12,14-20,23-24,27-31,37-38,44-78H2,1-4H3,(H,91,92)(H,93,94)/b13-9-,25-21-,26-22-,35-32-,36-33-,41-39-,42-40-,43-34-. The molecule has 0 radical (unpaired) electrons. The smallest absolute Gasteiger partial charge is 0.462 e. The number of unbranched alkanes of at least 4 members (excludes halogenated alkanes) is 36. The molecule has 0 saturated carbocycles. The minimum absolute atomic E-state index is 0.0834. The van der Waals surface area contributed by atoms with Crippen molar-refractivity contribution >= 4 is 39.5 Å². The summed E-state index contributed by atoms with van der Waals surface area (Å²) >= 11 is 0. The Balaban J connectivity index is 5.32. The largest absolute Gasteiger partial charge is 0.472 e. The molecule has 0 spiro atoms. The number of hydrogen-bond acceptors (Lipinski definition) is 15. The van der Waals surface area contributed by atoms with Gasteiger partial charge in [-0.25, -0.2) is 9.13 Å². The molecule has 0 rings (SSSR count). The van der Waals surface area contributed by atoms with Crippen LogP contribution >= 0.6 is 15.6 Å². The molecule has 17 nitrogen and oxygen atoms in total. The van der Waals surface area contributed by atoms with E-state index < -0.39 is 97.5 Å². The van der Waals surface area contributed by atoms with Crippen molar-refractivity contribution in [3.05, 3.63) is 97.2 Å². The van der Waals surface area contributed by atoms with Crippen molar-refractivity contribution < 1.29 is 80.2 Å². The molecule has 0 aliphatic rings. The molecule has 5 unspecified atom stereocenters. The fraction of sp³-hybridized carbons (Fsp3) is 0.765. The Kier molecular flexibility index (Phi) is 74.2. The zero-order valence-corrected chi connectivity index (χ0v) is 67.7. The van der Waals surface area contributed by atoms with Gasteiger partial charge in [-0.3, -0.25) is 37.3 Å². The SMILES string of the molecule is CC/C=C\C/C=C\C/C=C\C/C=C\CCCCCCCCC(=O)OCC(COP(=O)(O)OCC(O)COP(=O)(O)OCC(COC(=O)CCCCCCCC/C=C\C/C=C\C/C=C\CCCCC)OC(=O)CCCCCCC/C=C\CCCCCCCC)OC(=O)CCCCCCCCCCCCC. The van der Waals surface area contributed by atoms with Gasteiger partial charge in [0.2, 0.25) is 0 Å². The van der Waals surface area contributed by atoms with E-state index >= 15 is 0 Å². The molecule has 602 valence electrons. The molecule has 0 aliphatic carbocycles. The monoisotopic (exact) mass is 1510 g/mol. The lowest BCUT2D eigenvalue weighted by molar-refractivity contribution is -0.161. The van der Waals surface area contributed by atoms with E-state index in [-0.39, 0.29) is 25.7 Å². The van der Waals surface area contributed by atoms with Crippen LogP contribution in [0.25, 0.3) is 0 Å². The number of phosphoric ester groups is 2.